The van der Waals surface area contributed by atoms with Crippen molar-refractivity contribution in [3.63, 3.8) is 0 Å². The van der Waals surface area contributed by atoms with Crippen molar-refractivity contribution in [2.24, 2.45) is 0 Å². The van der Waals surface area contributed by atoms with E-state index in [1.54, 1.807) is 13.0 Å². The summed E-state index contributed by atoms with van der Waals surface area (Å²) in [4.78, 5) is 11.3. The van der Waals surface area contributed by atoms with Gasteiger partial charge in [-0.1, -0.05) is 6.07 Å². The quantitative estimate of drug-likeness (QED) is 0.700. The van der Waals surface area contributed by atoms with E-state index in [0.717, 1.165) is 11.8 Å². The first-order chi connectivity index (χ1) is 6.32. The van der Waals surface area contributed by atoms with Crippen LogP contribution in [-0.2, 0) is 9.84 Å². The van der Waals surface area contributed by atoms with Crippen molar-refractivity contribution in [2.75, 3.05) is 6.26 Å². The van der Waals surface area contributed by atoms with E-state index in [1.165, 1.54) is 19.1 Å². The maximum Gasteiger partial charge on any atom is 0.175 e. The van der Waals surface area contributed by atoms with E-state index in [0.29, 0.717) is 5.56 Å². The number of hydrogen-bond acceptors (Lipinski definition) is 3. The molecule has 0 aliphatic rings. The SMILES string of the molecule is CC(=O)c1cc(S(C)(=O)=O)ccc1C. The molecule has 0 aliphatic heterocycles. The Hall–Kier alpha value is -1.16. The molecule has 0 fully saturated rings. The van der Waals surface area contributed by atoms with E-state index >= 15 is 0 Å². The molecule has 0 aromatic heterocycles. The van der Waals surface area contributed by atoms with Crippen LogP contribution in [0.4, 0.5) is 0 Å². The monoisotopic (exact) mass is 212 g/mol. The van der Waals surface area contributed by atoms with Crippen LogP contribution in [-0.4, -0.2) is 20.5 Å². The van der Waals surface area contributed by atoms with Crippen molar-refractivity contribution < 1.29 is 13.2 Å². The number of aryl methyl sites for hydroxylation is 1. The first-order valence-corrected chi connectivity index (χ1v) is 6.03. The summed E-state index contributed by atoms with van der Waals surface area (Å²) in [6.07, 6.45) is 1.13. The van der Waals surface area contributed by atoms with Gasteiger partial charge in [-0.05, 0) is 31.5 Å². The van der Waals surface area contributed by atoms with Gasteiger partial charge in [0.15, 0.2) is 15.6 Å². The second-order valence-corrected chi connectivity index (χ2v) is 5.32. The van der Waals surface area contributed by atoms with Crippen LogP contribution in [0.3, 0.4) is 0 Å². The van der Waals surface area contributed by atoms with Crippen molar-refractivity contribution >= 4 is 15.6 Å². The summed E-state index contributed by atoms with van der Waals surface area (Å²) in [5, 5.41) is 0. The average molecular weight is 212 g/mol. The number of benzene rings is 1. The molecule has 0 bridgehead atoms. The number of hydrogen-bond donors (Lipinski definition) is 0. The number of carbonyl (C=O) groups excluding carboxylic acids is 1. The molecule has 0 saturated heterocycles. The Morgan fingerprint density at radius 1 is 1.29 bits per heavy atom. The number of rotatable bonds is 2. The molecule has 1 rings (SSSR count). The van der Waals surface area contributed by atoms with Gasteiger partial charge in [0, 0.05) is 11.8 Å². The summed E-state index contributed by atoms with van der Waals surface area (Å²) < 4.78 is 22.4. The van der Waals surface area contributed by atoms with Gasteiger partial charge in [-0.2, -0.15) is 0 Å². The third kappa shape index (κ3) is 2.20. The first-order valence-electron chi connectivity index (χ1n) is 4.14. The normalized spacial score (nSPS) is 11.4. The van der Waals surface area contributed by atoms with E-state index in [-0.39, 0.29) is 10.7 Å². The first kappa shape index (κ1) is 10.9. The molecule has 3 nitrogen and oxygen atoms in total. The van der Waals surface area contributed by atoms with Crippen LogP contribution in [0.25, 0.3) is 0 Å². The van der Waals surface area contributed by atoms with Gasteiger partial charge >= 0.3 is 0 Å². The fourth-order valence-electron chi connectivity index (χ4n) is 1.21. The molecule has 76 valence electrons. The van der Waals surface area contributed by atoms with Gasteiger partial charge in [0.2, 0.25) is 0 Å². The highest BCUT2D eigenvalue weighted by molar-refractivity contribution is 7.90. The molecular weight excluding hydrogens is 200 g/mol. The molecule has 0 saturated carbocycles. The molecule has 0 atom stereocenters. The fraction of sp³-hybridized carbons (Fsp3) is 0.300. The van der Waals surface area contributed by atoms with Crippen LogP contribution in [0.2, 0.25) is 0 Å². The molecule has 1 aromatic rings. The highest BCUT2D eigenvalue weighted by atomic mass is 32.2. The van der Waals surface area contributed by atoms with Crippen LogP contribution in [0.15, 0.2) is 23.1 Å². The number of Topliss-reactive ketones (excluding diaryl/α,β-unsaturated/α-hetero) is 1. The van der Waals surface area contributed by atoms with Crippen molar-refractivity contribution in [1.29, 1.82) is 0 Å². The smallest absolute Gasteiger partial charge is 0.175 e. The predicted octanol–water partition coefficient (Wildman–Crippen LogP) is 1.60. The summed E-state index contributed by atoms with van der Waals surface area (Å²) in [6.45, 7) is 3.21. The van der Waals surface area contributed by atoms with Crippen molar-refractivity contribution in [2.45, 2.75) is 18.7 Å². The lowest BCUT2D eigenvalue weighted by Crippen LogP contribution is -2.02. The highest BCUT2D eigenvalue weighted by Crippen LogP contribution is 2.15. The summed E-state index contributed by atoms with van der Waals surface area (Å²) >= 11 is 0. The Labute approximate surface area is 83.7 Å². The molecule has 0 spiro atoms. The van der Waals surface area contributed by atoms with Crippen LogP contribution >= 0.6 is 0 Å². The van der Waals surface area contributed by atoms with Crippen molar-refractivity contribution in [3.8, 4) is 0 Å². The van der Waals surface area contributed by atoms with Gasteiger partial charge in [0.05, 0.1) is 4.90 Å². The minimum absolute atomic E-state index is 0.118. The Balaban J connectivity index is 3.42. The van der Waals surface area contributed by atoms with Gasteiger partial charge < -0.3 is 0 Å². The zero-order chi connectivity index (χ0) is 10.9. The zero-order valence-corrected chi connectivity index (χ0v) is 9.18. The molecular formula is C10H12O3S. The van der Waals surface area contributed by atoms with E-state index in [1.807, 2.05) is 0 Å². The summed E-state index contributed by atoms with van der Waals surface area (Å²) in [7, 11) is -3.23. The van der Waals surface area contributed by atoms with Crippen molar-refractivity contribution in [3.05, 3.63) is 29.3 Å². The lowest BCUT2D eigenvalue weighted by molar-refractivity contribution is 0.101. The minimum Gasteiger partial charge on any atom is -0.295 e. The molecule has 0 aliphatic carbocycles. The Kier molecular flexibility index (Phi) is 2.76. The molecule has 0 heterocycles. The number of sulfone groups is 1. The third-order valence-corrected chi connectivity index (χ3v) is 3.13. The molecule has 1 aromatic carbocycles. The van der Waals surface area contributed by atoms with E-state index in [2.05, 4.69) is 0 Å². The molecule has 14 heavy (non-hydrogen) atoms. The second-order valence-electron chi connectivity index (χ2n) is 3.31. The van der Waals surface area contributed by atoms with Crippen molar-refractivity contribution in [1.82, 2.24) is 0 Å². The van der Waals surface area contributed by atoms with Gasteiger partial charge in [-0.25, -0.2) is 8.42 Å². The highest BCUT2D eigenvalue weighted by Gasteiger charge is 2.11. The maximum atomic E-state index is 11.2. The largest absolute Gasteiger partial charge is 0.295 e. The lowest BCUT2D eigenvalue weighted by Gasteiger charge is -2.04. The van der Waals surface area contributed by atoms with E-state index in [9.17, 15) is 13.2 Å². The fourth-order valence-corrected chi connectivity index (χ4v) is 1.86. The molecule has 0 N–H and O–H groups in total. The minimum atomic E-state index is -3.23. The molecule has 4 heteroatoms. The van der Waals surface area contributed by atoms with Crippen LogP contribution in [0.5, 0.6) is 0 Å². The molecule has 0 unspecified atom stereocenters. The van der Waals surface area contributed by atoms with Gasteiger partial charge in [-0.15, -0.1) is 0 Å². The molecule has 0 radical (unpaired) electrons. The Bertz CT molecular complexity index is 472. The predicted molar refractivity (Wildman–Crippen MR) is 54.3 cm³/mol. The average Bonchev–Trinajstić information content (AvgIpc) is 2.02. The van der Waals surface area contributed by atoms with Crippen LogP contribution < -0.4 is 0 Å². The standard InChI is InChI=1S/C10H12O3S/c1-7-4-5-9(14(3,12)13)6-10(7)8(2)11/h4-6H,1-3H3. The van der Waals surface area contributed by atoms with Gasteiger partial charge in [0.25, 0.3) is 0 Å². The topological polar surface area (TPSA) is 51.2 Å². The zero-order valence-electron chi connectivity index (χ0n) is 8.37. The Morgan fingerprint density at radius 3 is 2.29 bits per heavy atom. The van der Waals surface area contributed by atoms with E-state index < -0.39 is 9.84 Å². The number of carbonyl (C=O) groups is 1. The summed E-state index contributed by atoms with van der Waals surface area (Å²) in [6, 6.07) is 4.58. The summed E-state index contributed by atoms with van der Waals surface area (Å²) in [5.41, 5.74) is 1.26. The summed E-state index contributed by atoms with van der Waals surface area (Å²) in [5.74, 6) is -0.118. The maximum absolute atomic E-state index is 11.2. The Morgan fingerprint density at radius 2 is 1.86 bits per heavy atom. The van der Waals surface area contributed by atoms with E-state index in [4.69, 9.17) is 0 Å². The second kappa shape index (κ2) is 3.53. The van der Waals surface area contributed by atoms with Gasteiger partial charge in [-0.3, -0.25) is 4.79 Å². The van der Waals surface area contributed by atoms with Crippen LogP contribution in [0.1, 0.15) is 22.8 Å². The van der Waals surface area contributed by atoms with Gasteiger partial charge in [0.1, 0.15) is 0 Å². The molecule has 0 amide bonds. The number of ketones is 1. The van der Waals surface area contributed by atoms with Crippen LogP contribution in [0, 0.1) is 6.92 Å². The lowest BCUT2D eigenvalue weighted by atomic mass is 10.1. The third-order valence-electron chi connectivity index (χ3n) is 2.02.